The summed E-state index contributed by atoms with van der Waals surface area (Å²) < 4.78 is 19.6. The number of halogens is 2. The lowest BCUT2D eigenvalue weighted by molar-refractivity contribution is 0.0298. The molecule has 2 saturated heterocycles. The molecule has 0 spiro atoms. The summed E-state index contributed by atoms with van der Waals surface area (Å²) in [5.41, 5.74) is 6.48. The summed E-state index contributed by atoms with van der Waals surface area (Å²) >= 11 is 6.54. The van der Waals surface area contributed by atoms with Gasteiger partial charge in [-0.3, -0.25) is 4.90 Å². The van der Waals surface area contributed by atoms with Gasteiger partial charge in [0.15, 0.2) is 0 Å². The normalized spacial score (nSPS) is 28.7. The highest BCUT2D eigenvalue weighted by Crippen LogP contribution is 2.39. The third-order valence-electron chi connectivity index (χ3n) is 5.85. The topological polar surface area (TPSA) is 51.4 Å². The molecule has 0 saturated carbocycles. The van der Waals surface area contributed by atoms with Gasteiger partial charge >= 0.3 is 0 Å². The number of fused-ring (bicyclic) bond motifs is 1. The van der Waals surface area contributed by atoms with Crippen molar-refractivity contribution in [3.05, 3.63) is 35.0 Å². The van der Waals surface area contributed by atoms with E-state index in [4.69, 9.17) is 22.1 Å². The SMILES string of the molecule is C[C@]1(N2CCC(c3cc4cc(N)ncc4cc3Cl)CC2)COC[C@H]1F. The number of anilines is 1. The number of nitrogens with two attached hydrogens (primary N) is 1. The van der Waals surface area contributed by atoms with Crippen molar-refractivity contribution in [1.29, 1.82) is 0 Å². The van der Waals surface area contributed by atoms with Gasteiger partial charge in [-0.2, -0.15) is 0 Å². The molecule has 0 aliphatic carbocycles. The summed E-state index contributed by atoms with van der Waals surface area (Å²) in [5.74, 6) is 0.894. The first kappa shape index (κ1) is 17.0. The number of pyridine rings is 1. The van der Waals surface area contributed by atoms with Crippen molar-refractivity contribution in [1.82, 2.24) is 9.88 Å². The van der Waals surface area contributed by atoms with Crippen LogP contribution in [-0.2, 0) is 4.74 Å². The minimum absolute atomic E-state index is 0.211. The van der Waals surface area contributed by atoms with Crippen LogP contribution in [0.3, 0.4) is 0 Å². The molecule has 4 rings (SSSR count). The van der Waals surface area contributed by atoms with Gasteiger partial charge in [0.1, 0.15) is 12.0 Å². The number of hydrogen-bond acceptors (Lipinski definition) is 4. The fourth-order valence-electron chi connectivity index (χ4n) is 4.14. The first-order valence-corrected chi connectivity index (χ1v) is 9.17. The molecule has 1 aromatic heterocycles. The highest BCUT2D eigenvalue weighted by Gasteiger charge is 2.46. The molecule has 3 heterocycles. The molecule has 25 heavy (non-hydrogen) atoms. The summed E-state index contributed by atoms with van der Waals surface area (Å²) in [7, 11) is 0. The Labute approximate surface area is 152 Å². The molecule has 2 N–H and O–H groups in total. The molecule has 4 nitrogen and oxygen atoms in total. The number of aromatic nitrogens is 1. The molecule has 6 heteroatoms. The number of nitrogen functional groups attached to an aromatic ring is 1. The van der Waals surface area contributed by atoms with Crippen LogP contribution in [0.4, 0.5) is 10.2 Å². The Bertz CT molecular complexity index is 794. The number of alkyl halides is 1. The van der Waals surface area contributed by atoms with Gasteiger partial charge in [0.25, 0.3) is 0 Å². The van der Waals surface area contributed by atoms with Gasteiger partial charge in [-0.25, -0.2) is 9.37 Å². The van der Waals surface area contributed by atoms with Crippen LogP contribution in [0.15, 0.2) is 24.4 Å². The van der Waals surface area contributed by atoms with E-state index in [1.807, 2.05) is 19.1 Å². The number of likely N-dealkylation sites (tertiary alicyclic amines) is 1. The molecule has 2 aromatic rings. The van der Waals surface area contributed by atoms with Crippen LogP contribution < -0.4 is 5.73 Å². The Hall–Kier alpha value is -1.43. The predicted octanol–water partition coefficient (Wildman–Crippen LogP) is 3.78. The van der Waals surface area contributed by atoms with E-state index >= 15 is 0 Å². The fourth-order valence-corrected chi connectivity index (χ4v) is 4.47. The molecule has 2 aliphatic heterocycles. The average Bonchev–Trinajstić information content (AvgIpc) is 2.95. The summed E-state index contributed by atoms with van der Waals surface area (Å²) in [6.45, 7) is 4.38. The van der Waals surface area contributed by atoms with Gasteiger partial charge in [-0.15, -0.1) is 0 Å². The van der Waals surface area contributed by atoms with Crippen molar-refractivity contribution >= 4 is 28.2 Å². The largest absolute Gasteiger partial charge is 0.384 e. The summed E-state index contributed by atoms with van der Waals surface area (Å²) in [5, 5.41) is 2.84. The number of ether oxygens (including phenoxy) is 1. The van der Waals surface area contributed by atoms with E-state index in [2.05, 4.69) is 16.0 Å². The first-order chi connectivity index (χ1) is 12.0. The summed E-state index contributed by atoms with van der Waals surface area (Å²) in [4.78, 5) is 6.37. The van der Waals surface area contributed by atoms with Gasteiger partial charge in [0, 0.05) is 16.6 Å². The molecule has 0 bridgehead atoms. The highest BCUT2D eigenvalue weighted by molar-refractivity contribution is 6.32. The zero-order valence-electron chi connectivity index (χ0n) is 14.3. The Balaban J connectivity index is 1.54. The van der Waals surface area contributed by atoms with Gasteiger partial charge in [0.2, 0.25) is 0 Å². The zero-order valence-corrected chi connectivity index (χ0v) is 15.1. The van der Waals surface area contributed by atoms with E-state index < -0.39 is 11.7 Å². The van der Waals surface area contributed by atoms with Crippen molar-refractivity contribution < 1.29 is 9.13 Å². The second-order valence-corrected chi connectivity index (χ2v) is 7.84. The van der Waals surface area contributed by atoms with Crippen molar-refractivity contribution in [3.8, 4) is 0 Å². The van der Waals surface area contributed by atoms with Crippen LogP contribution in [0.5, 0.6) is 0 Å². The van der Waals surface area contributed by atoms with E-state index in [9.17, 15) is 4.39 Å². The average molecular weight is 364 g/mol. The summed E-state index contributed by atoms with van der Waals surface area (Å²) in [6.07, 6.45) is 2.77. The van der Waals surface area contributed by atoms with Crippen LogP contribution >= 0.6 is 11.6 Å². The molecular formula is C19H23ClFN3O. The zero-order chi connectivity index (χ0) is 17.6. The fraction of sp³-hybridized carbons (Fsp3) is 0.526. The number of rotatable bonds is 2. The van der Waals surface area contributed by atoms with E-state index in [1.54, 1.807) is 6.20 Å². The van der Waals surface area contributed by atoms with E-state index in [-0.39, 0.29) is 6.61 Å². The lowest BCUT2D eigenvalue weighted by Gasteiger charge is -2.43. The Morgan fingerprint density at radius 3 is 2.72 bits per heavy atom. The molecule has 0 unspecified atom stereocenters. The van der Waals surface area contributed by atoms with Gasteiger partial charge in [-0.05, 0) is 67.9 Å². The highest BCUT2D eigenvalue weighted by atomic mass is 35.5. The maximum Gasteiger partial charge on any atom is 0.144 e. The van der Waals surface area contributed by atoms with Crippen LogP contribution in [0.2, 0.25) is 5.02 Å². The molecule has 134 valence electrons. The van der Waals surface area contributed by atoms with E-state index in [0.29, 0.717) is 18.3 Å². The number of piperidine rings is 1. The molecule has 2 fully saturated rings. The van der Waals surface area contributed by atoms with Crippen LogP contribution in [0, 0.1) is 0 Å². The Kier molecular flexibility index (Phi) is 4.34. The molecular weight excluding hydrogens is 341 g/mol. The lowest BCUT2D eigenvalue weighted by atomic mass is 9.85. The maximum absolute atomic E-state index is 14.2. The standard InChI is InChI=1S/C19H23ClFN3O/c1-19(11-25-10-17(19)21)24-4-2-12(3-5-24)15-6-13-8-18(22)23-9-14(13)7-16(15)20/h6-9,12,17H,2-5,10-11H2,1H3,(H2,22,23)/t17-,19+/m1/s1. The predicted molar refractivity (Wildman–Crippen MR) is 98.8 cm³/mol. The van der Waals surface area contributed by atoms with E-state index in [1.165, 1.54) is 0 Å². The number of benzene rings is 1. The molecule has 2 aliphatic rings. The van der Waals surface area contributed by atoms with Crippen molar-refractivity contribution in [2.24, 2.45) is 0 Å². The van der Waals surface area contributed by atoms with Crippen LogP contribution in [0.25, 0.3) is 10.8 Å². The Morgan fingerprint density at radius 2 is 2.04 bits per heavy atom. The third kappa shape index (κ3) is 2.98. The monoisotopic (exact) mass is 363 g/mol. The van der Waals surface area contributed by atoms with Gasteiger partial charge in [-0.1, -0.05) is 11.6 Å². The van der Waals surface area contributed by atoms with Crippen molar-refractivity contribution in [3.63, 3.8) is 0 Å². The molecule has 0 amide bonds. The smallest absolute Gasteiger partial charge is 0.144 e. The van der Waals surface area contributed by atoms with Gasteiger partial charge < -0.3 is 10.5 Å². The van der Waals surface area contributed by atoms with E-state index in [0.717, 1.165) is 47.3 Å². The molecule has 2 atom stereocenters. The first-order valence-electron chi connectivity index (χ1n) is 8.79. The Morgan fingerprint density at radius 1 is 1.28 bits per heavy atom. The molecule has 1 aromatic carbocycles. The number of hydrogen-bond donors (Lipinski definition) is 1. The second-order valence-electron chi connectivity index (χ2n) is 7.43. The molecule has 0 radical (unpaired) electrons. The maximum atomic E-state index is 14.2. The van der Waals surface area contributed by atoms with Crippen molar-refractivity contribution in [2.45, 2.75) is 37.4 Å². The number of nitrogens with zero attached hydrogens (tertiary/aromatic N) is 2. The second kappa shape index (κ2) is 6.38. The van der Waals surface area contributed by atoms with Crippen LogP contribution in [-0.4, -0.2) is 47.9 Å². The summed E-state index contributed by atoms with van der Waals surface area (Å²) in [6, 6.07) is 5.98. The minimum Gasteiger partial charge on any atom is -0.384 e. The minimum atomic E-state index is -0.913. The third-order valence-corrected chi connectivity index (χ3v) is 6.18. The van der Waals surface area contributed by atoms with Crippen molar-refractivity contribution in [2.75, 3.05) is 32.0 Å². The van der Waals surface area contributed by atoms with Gasteiger partial charge in [0.05, 0.1) is 18.8 Å². The quantitative estimate of drug-likeness (QED) is 0.882. The lowest BCUT2D eigenvalue weighted by Crippen LogP contribution is -2.55. The van der Waals surface area contributed by atoms with Crippen LogP contribution in [0.1, 0.15) is 31.2 Å².